The van der Waals surface area contributed by atoms with Gasteiger partial charge in [0.05, 0.1) is 6.04 Å². The molecule has 0 radical (unpaired) electrons. The van der Waals surface area contributed by atoms with Crippen LogP contribution in [0, 0.1) is 19.8 Å². The summed E-state index contributed by atoms with van der Waals surface area (Å²) in [7, 11) is 0. The Morgan fingerprint density at radius 3 is 2.44 bits per heavy atom. The van der Waals surface area contributed by atoms with E-state index in [0.29, 0.717) is 28.8 Å². The van der Waals surface area contributed by atoms with Crippen molar-refractivity contribution in [2.75, 3.05) is 0 Å². The van der Waals surface area contributed by atoms with Gasteiger partial charge in [-0.2, -0.15) is 0 Å². The summed E-state index contributed by atoms with van der Waals surface area (Å²) >= 11 is 6.58. The second-order valence-corrected chi connectivity index (χ2v) is 11.9. The monoisotopic (exact) mass is 572 g/mol. The quantitative estimate of drug-likeness (QED) is 0.203. The number of hydrogen-bond donors (Lipinski definition) is 2. The van der Waals surface area contributed by atoms with Crippen molar-refractivity contribution in [1.82, 2.24) is 9.88 Å². The number of aryl methyl sites for hydroxylation is 1. The molecule has 3 aromatic carbocycles. The van der Waals surface area contributed by atoms with Crippen LogP contribution in [-0.4, -0.2) is 27.7 Å². The maximum absolute atomic E-state index is 13.3. The van der Waals surface area contributed by atoms with E-state index in [9.17, 15) is 14.7 Å². The molecule has 0 spiro atoms. The highest BCUT2D eigenvalue weighted by Gasteiger charge is 2.38. The van der Waals surface area contributed by atoms with Gasteiger partial charge in [-0.25, -0.2) is 4.79 Å². The number of carboxylic acids is 1. The van der Waals surface area contributed by atoms with Gasteiger partial charge in [-0.3, -0.25) is 4.79 Å². The largest absolute Gasteiger partial charge is 0.478 e. The van der Waals surface area contributed by atoms with Crippen LogP contribution in [0.4, 0.5) is 0 Å². The number of rotatable bonds is 10. The fourth-order valence-electron chi connectivity index (χ4n) is 5.36. The van der Waals surface area contributed by atoms with Crippen LogP contribution in [0.2, 0.25) is 5.02 Å². The molecule has 1 fully saturated rings. The maximum atomic E-state index is 13.3. The molecule has 1 aliphatic rings. The number of amides is 1. The molecule has 1 amide bonds. The van der Waals surface area contributed by atoms with Gasteiger partial charge in [0.15, 0.2) is 6.10 Å². The van der Waals surface area contributed by atoms with Gasteiger partial charge in [-0.15, -0.1) is 0 Å². The molecule has 41 heavy (non-hydrogen) atoms. The number of carbonyl (C=O) groups is 2. The van der Waals surface area contributed by atoms with E-state index >= 15 is 0 Å². The molecule has 1 aliphatic carbocycles. The number of carboxylic acid groups (broad SMARTS) is 1. The normalized spacial score (nSPS) is 14.7. The predicted octanol–water partition coefficient (Wildman–Crippen LogP) is 7.82. The summed E-state index contributed by atoms with van der Waals surface area (Å²) in [4.78, 5) is 24.9. The predicted molar refractivity (Wildman–Crippen MR) is 163 cm³/mol. The van der Waals surface area contributed by atoms with E-state index in [4.69, 9.17) is 16.3 Å². The van der Waals surface area contributed by atoms with E-state index in [1.54, 1.807) is 12.1 Å². The number of aliphatic carboxylic acids is 1. The Bertz CT molecular complexity index is 1620. The number of carbonyl (C=O) groups excluding carboxylic acids is 1. The zero-order chi connectivity index (χ0) is 29.4. The minimum atomic E-state index is -0.940. The van der Waals surface area contributed by atoms with Crippen molar-refractivity contribution in [3.05, 3.63) is 99.2 Å². The zero-order valence-corrected chi connectivity index (χ0v) is 25.0. The molecule has 1 saturated carbocycles. The van der Waals surface area contributed by atoms with Crippen LogP contribution < -0.4 is 10.1 Å². The highest BCUT2D eigenvalue weighted by Crippen LogP contribution is 2.36. The van der Waals surface area contributed by atoms with Crippen LogP contribution >= 0.6 is 11.6 Å². The topological polar surface area (TPSA) is 80.6 Å². The standard InChI is InChI=1S/C34H37ClN2O4/c1-19(2)24-7-6-8-25(15-24)21(4)36-33(38)26-11-14-31-29(17-26)20(3)22(5)37(31)18-27-16-28(12-13-30(27)35)41-32(34(39)40)23-9-10-23/h6-8,11-17,19,21,23,32H,9-10,18H2,1-5H3,(H,36,38)(H,39,40). The van der Waals surface area contributed by atoms with Gasteiger partial charge in [0.1, 0.15) is 5.75 Å². The lowest BCUT2D eigenvalue weighted by Gasteiger charge is -2.17. The Morgan fingerprint density at radius 2 is 1.76 bits per heavy atom. The Labute approximate surface area is 246 Å². The molecule has 1 aromatic heterocycles. The third kappa shape index (κ3) is 6.13. The highest BCUT2D eigenvalue weighted by atomic mass is 35.5. The van der Waals surface area contributed by atoms with Gasteiger partial charge in [0, 0.05) is 39.6 Å². The second kappa shape index (κ2) is 11.6. The summed E-state index contributed by atoms with van der Waals surface area (Å²) in [6, 6.07) is 19.3. The molecule has 7 heteroatoms. The average molecular weight is 573 g/mol. The maximum Gasteiger partial charge on any atom is 0.345 e. The summed E-state index contributed by atoms with van der Waals surface area (Å²) < 4.78 is 8.04. The minimum Gasteiger partial charge on any atom is -0.478 e. The summed E-state index contributed by atoms with van der Waals surface area (Å²) in [5, 5.41) is 14.3. The third-order valence-corrected chi connectivity index (χ3v) is 8.60. The smallest absolute Gasteiger partial charge is 0.345 e. The lowest BCUT2D eigenvalue weighted by molar-refractivity contribution is -0.146. The fourth-order valence-corrected chi connectivity index (χ4v) is 5.53. The Kier molecular flexibility index (Phi) is 8.14. The number of fused-ring (bicyclic) bond motifs is 1. The van der Waals surface area contributed by atoms with Crippen molar-refractivity contribution >= 4 is 34.4 Å². The van der Waals surface area contributed by atoms with Crippen molar-refractivity contribution in [3.8, 4) is 5.75 Å². The number of benzene rings is 3. The molecule has 0 bridgehead atoms. The summed E-state index contributed by atoms with van der Waals surface area (Å²) in [6.45, 7) is 10.9. The van der Waals surface area contributed by atoms with Crippen LogP contribution in [0.1, 0.15) is 83.9 Å². The first-order chi connectivity index (χ1) is 19.5. The Hall–Kier alpha value is -3.77. The minimum absolute atomic E-state index is 0.0597. The molecule has 2 unspecified atom stereocenters. The molecular formula is C34H37ClN2O4. The lowest BCUT2D eigenvalue weighted by Crippen LogP contribution is -2.29. The van der Waals surface area contributed by atoms with Crippen molar-refractivity contribution in [2.45, 2.75) is 72.1 Å². The van der Waals surface area contributed by atoms with E-state index < -0.39 is 12.1 Å². The SMILES string of the molecule is Cc1c(C)n(Cc2cc(OC(C(=O)O)C3CC3)ccc2Cl)c2ccc(C(=O)NC(C)c3cccc(C(C)C)c3)cc12. The second-order valence-electron chi connectivity index (χ2n) is 11.5. The molecule has 6 nitrogen and oxygen atoms in total. The van der Waals surface area contributed by atoms with Crippen molar-refractivity contribution in [1.29, 1.82) is 0 Å². The van der Waals surface area contributed by atoms with Crippen molar-refractivity contribution in [2.24, 2.45) is 5.92 Å². The van der Waals surface area contributed by atoms with Crippen LogP contribution in [-0.2, 0) is 11.3 Å². The van der Waals surface area contributed by atoms with Gasteiger partial charge in [0.25, 0.3) is 5.91 Å². The third-order valence-electron chi connectivity index (χ3n) is 8.23. The zero-order valence-electron chi connectivity index (χ0n) is 24.2. The molecule has 1 heterocycles. The van der Waals surface area contributed by atoms with E-state index in [1.165, 1.54) is 5.56 Å². The average Bonchev–Trinajstić information content (AvgIpc) is 3.76. The number of ether oxygens (including phenoxy) is 1. The Balaban J connectivity index is 1.38. The summed E-state index contributed by atoms with van der Waals surface area (Å²) in [6.07, 6.45) is 0.900. The highest BCUT2D eigenvalue weighted by molar-refractivity contribution is 6.31. The summed E-state index contributed by atoms with van der Waals surface area (Å²) in [5.41, 5.74) is 6.94. The van der Waals surface area contributed by atoms with E-state index in [-0.39, 0.29) is 17.9 Å². The van der Waals surface area contributed by atoms with Gasteiger partial charge >= 0.3 is 5.97 Å². The van der Waals surface area contributed by atoms with E-state index in [2.05, 4.69) is 49.7 Å². The van der Waals surface area contributed by atoms with Gasteiger partial charge in [-0.05, 0) is 98.2 Å². The molecule has 0 saturated heterocycles. The van der Waals surface area contributed by atoms with Crippen molar-refractivity contribution in [3.63, 3.8) is 0 Å². The lowest BCUT2D eigenvalue weighted by atomic mass is 9.98. The Morgan fingerprint density at radius 1 is 1.02 bits per heavy atom. The number of nitrogens with zero attached hydrogens (tertiary/aromatic N) is 1. The molecule has 4 aromatic rings. The summed E-state index contributed by atoms with van der Waals surface area (Å²) in [5.74, 6) is -0.0725. The first kappa shape index (κ1) is 28.7. The first-order valence-corrected chi connectivity index (χ1v) is 14.6. The number of hydrogen-bond acceptors (Lipinski definition) is 3. The van der Waals surface area contributed by atoms with Gasteiger partial charge in [-0.1, -0.05) is 49.7 Å². The van der Waals surface area contributed by atoms with Crippen LogP contribution in [0.25, 0.3) is 10.9 Å². The number of nitrogens with one attached hydrogen (secondary N) is 1. The van der Waals surface area contributed by atoms with Gasteiger partial charge < -0.3 is 19.7 Å². The molecule has 2 N–H and O–H groups in total. The molecule has 214 valence electrons. The van der Waals surface area contributed by atoms with E-state index in [0.717, 1.165) is 46.1 Å². The first-order valence-electron chi connectivity index (χ1n) is 14.2. The van der Waals surface area contributed by atoms with Crippen LogP contribution in [0.15, 0.2) is 60.7 Å². The number of aromatic nitrogens is 1. The molecule has 2 atom stereocenters. The van der Waals surface area contributed by atoms with Crippen LogP contribution in [0.5, 0.6) is 5.75 Å². The molecule has 0 aliphatic heterocycles. The van der Waals surface area contributed by atoms with Crippen molar-refractivity contribution < 1.29 is 19.4 Å². The number of halogens is 1. The fraction of sp³-hybridized carbons (Fsp3) is 0.353. The molecule has 5 rings (SSSR count). The molecular weight excluding hydrogens is 536 g/mol. The van der Waals surface area contributed by atoms with Gasteiger partial charge in [0.2, 0.25) is 0 Å². The van der Waals surface area contributed by atoms with E-state index in [1.807, 2.05) is 43.3 Å². The van der Waals surface area contributed by atoms with Crippen LogP contribution in [0.3, 0.4) is 0 Å².